The number of hydrogen-bond donors (Lipinski definition) is 2. The van der Waals surface area contributed by atoms with Gasteiger partial charge in [0.15, 0.2) is 5.16 Å². The number of rotatable bonds is 5. The molecule has 0 aliphatic heterocycles. The summed E-state index contributed by atoms with van der Waals surface area (Å²) in [4.78, 5) is 8.50. The van der Waals surface area contributed by atoms with Gasteiger partial charge in [0.1, 0.15) is 11.6 Å². The highest BCUT2D eigenvalue weighted by Gasteiger charge is 2.07. The molecule has 6 heteroatoms. The third kappa shape index (κ3) is 3.49. The number of nitrogens with zero attached hydrogens (tertiary/aromatic N) is 2. The Kier molecular flexibility index (Phi) is 4.97. The van der Waals surface area contributed by atoms with Crippen molar-refractivity contribution >= 4 is 23.7 Å². The van der Waals surface area contributed by atoms with Crippen molar-refractivity contribution in [2.24, 2.45) is 5.84 Å². The second-order valence-electron chi connectivity index (χ2n) is 3.86. The van der Waals surface area contributed by atoms with Crippen molar-refractivity contribution in [2.45, 2.75) is 12.1 Å². The molecule has 0 saturated heterocycles. The van der Waals surface area contributed by atoms with Gasteiger partial charge >= 0.3 is 0 Å². The molecule has 1 aromatic heterocycles. The van der Waals surface area contributed by atoms with E-state index in [4.69, 9.17) is 10.6 Å². The van der Waals surface area contributed by atoms with Crippen molar-refractivity contribution in [1.29, 1.82) is 0 Å². The number of aromatic nitrogens is 2. The fraction of sp³-hybridized carbons (Fsp3) is 0.143. The third-order valence-corrected chi connectivity index (χ3v) is 3.04. The largest absolute Gasteiger partial charge is 0.438 e. The highest BCUT2D eigenvalue weighted by atomic mass is 32.2. The summed E-state index contributed by atoms with van der Waals surface area (Å²) in [5.74, 6) is 7.10. The molecule has 20 heavy (non-hydrogen) atoms. The lowest BCUT2D eigenvalue weighted by atomic mass is 10.2. The Labute approximate surface area is 122 Å². The average molecular weight is 288 g/mol. The molecule has 0 amide bonds. The van der Waals surface area contributed by atoms with E-state index in [0.29, 0.717) is 16.9 Å². The molecule has 3 N–H and O–H groups in total. The molecule has 104 valence electrons. The van der Waals surface area contributed by atoms with E-state index < -0.39 is 0 Å². The first-order valence-electron chi connectivity index (χ1n) is 6.06. The van der Waals surface area contributed by atoms with Crippen LogP contribution in [0.2, 0.25) is 0 Å². The normalized spacial score (nSPS) is 10.8. The van der Waals surface area contributed by atoms with Crippen LogP contribution in [0.4, 0.5) is 5.82 Å². The summed E-state index contributed by atoms with van der Waals surface area (Å²) in [7, 11) is 0. The predicted molar refractivity (Wildman–Crippen MR) is 82.8 cm³/mol. The van der Waals surface area contributed by atoms with Crippen molar-refractivity contribution < 1.29 is 4.74 Å². The third-order valence-electron chi connectivity index (χ3n) is 2.49. The van der Waals surface area contributed by atoms with Gasteiger partial charge in [0.05, 0.1) is 0 Å². The van der Waals surface area contributed by atoms with E-state index in [0.717, 1.165) is 11.3 Å². The molecule has 0 saturated carbocycles. The fourth-order valence-electron chi connectivity index (χ4n) is 1.62. The van der Waals surface area contributed by atoms with Gasteiger partial charge in [0.25, 0.3) is 0 Å². The Morgan fingerprint density at radius 1 is 1.30 bits per heavy atom. The van der Waals surface area contributed by atoms with Crippen LogP contribution in [0.5, 0.6) is 11.6 Å². The van der Waals surface area contributed by atoms with Crippen LogP contribution in [0.15, 0.2) is 41.6 Å². The zero-order valence-electron chi connectivity index (χ0n) is 11.3. The minimum atomic E-state index is 0.453. The summed E-state index contributed by atoms with van der Waals surface area (Å²) in [6.07, 6.45) is 5.84. The van der Waals surface area contributed by atoms with E-state index in [2.05, 4.69) is 15.4 Å². The number of nitrogens with one attached hydrogen (secondary N) is 1. The molecule has 0 fully saturated rings. The number of hydrogen-bond acceptors (Lipinski definition) is 6. The summed E-state index contributed by atoms with van der Waals surface area (Å²) in [6, 6.07) is 9.41. The van der Waals surface area contributed by atoms with Gasteiger partial charge in [0, 0.05) is 11.6 Å². The monoisotopic (exact) mass is 288 g/mol. The molecule has 2 aromatic rings. The predicted octanol–water partition coefficient (Wildman–Crippen LogP) is 3.31. The Bertz CT molecular complexity index is 594. The van der Waals surface area contributed by atoms with E-state index in [9.17, 15) is 0 Å². The number of ether oxygens (including phenoxy) is 1. The number of hydrazine groups is 1. The number of para-hydroxylation sites is 1. The van der Waals surface area contributed by atoms with Gasteiger partial charge in [-0.05, 0) is 19.2 Å². The SMILES string of the molecule is C/C=C/c1ccccc1Oc1cc(NN)nc(SC)n1. The van der Waals surface area contributed by atoms with E-state index in [1.165, 1.54) is 11.8 Å². The molecule has 0 atom stereocenters. The standard InChI is InChI=1S/C14H16N4OS/c1-3-6-10-7-4-5-8-11(10)19-13-9-12(18-15)16-14(17-13)20-2/h3-9H,15H2,1-2H3,(H,16,17,18)/b6-3+. The average Bonchev–Trinajstić information content (AvgIpc) is 2.49. The smallest absolute Gasteiger partial charge is 0.225 e. The van der Waals surface area contributed by atoms with Crippen LogP contribution >= 0.6 is 11.8 Å². The van der Waals surface area contributed by atoms with Crippen LogP contribution in [0.25, 0.3) is 6.08 Å². The molecule has 1 heterocycles. The van der Waals surface area contributed by atoms with Crippen LogP contribution in [-0.2, 0) is 0 Å². The number of nitrogen functional groups attached to an aromatic ring is 1. The molecule has 0 unspecified atom stereocenters. The summed E-state index contributed by atoms with van der Waals surface area (Å²) in [5.41, 5.74) is 3.50. The van der Waals surface area contributed by atoms with E-state index in [1.54, 1.807) is 6.07 Å². The summed E-state index contributed by atoms with van der Waals surface area (Å²) in [6.45, 7) is 1.96. The second kappa shape index (κ2) is 6.93. The minimum Gasteiger partial charge on any atom is -0.438 e. The lowest BCUT2D eigenvalue weighted by Gasteiger charge is -2.10. The molecular formula is C14H16N4OS. The Morgan fingerprint density at radius 2 is 2.10 bits per heavy atom. The zero-order valence-corrected chi connectivity index (χ0v) is 12.1. The zero-order chi connectivity index (χ0) is 14.4. The van der Waals surface area contributed by atoms with Crippen LogP contribution < -0.4 is 16.0 Å². The number of allylic oxidation sites excluding steroid dienone is 1. The Balaban J connectivity index is 2.34. The number of anilines is 1. The van der Waals surface area contributed by atoms with Crippen molar-refractivity contribution in [3.05, 3.63) is 42.0 Å². The lowest BCUT2D eigenvalue weighted by molar-refractivity contribution is 0.455. The van der Waals surface area contributed by atoms with Gasteiger partial charge in [0.2, 0.25) is 5.88 Å². The molecule has 2 rings (SSSR count). The number of benzene rings is 1. The van der Waals surface area contributed by atoms with E-state index >= 15 is 0 Å². The molecule has 0 aliphatic rings. The first kappa shape index (κ1) is 14.4. The van der Waals surface area contributed by atoms with Crippen LogP contribution in [0.3, 0.4) is 0 Å². The van der Waals surface area contributed by atoms with Gasteiger partial charge < -0.3 is 10.2 Å². The topological polar surface area (TPSA) is 73.1 Å². The summed E-state index contributed by atoms with van der Waals surface area (Å²) < 4.78 is 5.84. The maximum absolute atomic E-state index is 5.84. The molecule has 0 aliphatic carbocycles. The highest BCUT2D eigenvalue weighted by Crippen LogP contribution is 2.27. The van der Waals surface area contributed by atoms with Crippen LogP contribution in [0, 0.1) is 0 Å². The van der Waals surface area contributed by atoms with Crippen LogP contribution in [-0.4, -0.2) is 16.2 Å². The quantitative estimate of drug-likeness (QED) is 0.380. The van der Waals surface area contributed by atoms with Gasteiger partial charge in [-0.1, -0.05) is 42.1 Å². The van der Waals surface area contributed by atoms with E-state index in [1.807, 2.05) is 49.6 Å². The first-order chi connectivity index (χ1) is 9.76. The van der Waals surface area contributed by atoms with Crippen molar-refractivity contribution in [1.82, 2.24) is 9.97 Å². The van der Waals surface area contributed by atoms with Gasteiger partial charge in [-0.2, -0.15) is 4.98 Å². The highest BCUT2D eigenvalue weighted by molar-refractivity contribution is 7.98. The van der Waals surface area contributed by atoms with Gasteiger partial charge in [-0.25, -0.2) is 10.8 Å². The number of nitrogens with two attached hydrogens (primary N) is 1. The van der Waals surface area contributed by atoms with Crippen molar-refractivity contribution in [3.63, 3.8) is 0 Å². The van der Waals surface area contributed by atoms with Crippen molar-refractivity contribution in [3.8, 4) is 11.6 Å². The number of thioether (sulfide) groups is 1. The maximum atomic E-state index is 5.84. The Hall–Kier alpha value is -2.05. The van der Waals surface area contributed by atoms with Crippen LogP contribution in [0.1, 0.15) is 12.5 Å². The van der Waals surface area contributed by atoms with Crippen molar-refractivity contribution in [2.75, 3.05) is 11.7 Å². The Morgan fingerprint density at radius 3 is 2.80 bits per heavy atom. The molecule has 5 nitrogen and oxygen atoms in total. The molecule has 1 aromatic carbocycles. The minimum absolute atomic E-state index is 0.453. The second-order valence-corrected chi connectivity index (χ2v) is 4.64. The lowest BCUT2D eigenvalue weighted by Crippen LogP contribution is -2.09. The summed E-state index contributed by atoms with van der Waals surface area (Å²) in [5, 5.41) is 0.596. The summed E-state index contributed by atoms with van der Waals surface area (Å²) >= 11 is 1.43. The molecule has 0 bridgehead atoms. The molecular weight excluding hydrogens is 272 g/mol. The molecule has 0 spiro atoms. The maximum Gasteiger partial charge on any atom is 0.225 e. The first-order valence-corrected chi connectivity index (χ1v) is 7.28. The fourth-order valence-corrected chi connectivity index (χ4v) is 2.00. The van der Waals surface area contributed by atoms with Gasteiger partial charge in [-0.3, -0.25) is 0 Å². The van der Waals surface area contributed by atoms with E-state index in [-0.39, 0.29) is 0 Å². The molecule has 0 radical (unpaired) electrons. The van der Waals surface area contributed by atoms with Gasteiger partial charge in [-0.15, -0.1) is 0 Å².